The Labute approximate surface area is 252 Å². The Kier molecular flexibility index (Phi) is 9.26. The summed E-state index contributed by atoms with van der Waals surface area (Å²) in [5.74, 6) is -0.389. The zero-order chi connectivity index (χ0) is 31.3. The quantitative estimate of drug-likeness (QED) is 0.132. The maximum Gasteiger partial charge on any atom is 0.459 e. The zero-order valence-electron chi connectivity index (χ0n) is 23.6. The Hall–Kier alpha value is -4.35. The molecular weight excluding hydrogens is 591 g/mol. The number of nitrogens with one attached hydrogen (secondary N) is 1. The van der Waals surface area contributed by atoms with Crippen molar-refractivity contribution in [3.63, 3.8) is 0 Å². The number of nitriles is 1. The summed E-state index contributed by atoms with van der Waals surface area (Å²) in [5.41, 5.74) is 5.02. The molecule has 2 unspecified atom stereocenters. The molecule has 1 aliphatic heterocycles. The highest BCUT2D eigenvalue weighted by molar-refractivity contribution is 7.52. The number of nitrogens with zero attached hydrogens (tertiary/aromatic N) is 4. The molecule has 2 aromatic heterocycles. The van der Waals surface area contributed by atoms with Crippen molar-refractivity contribution in [1.29, 1.82) is 5.26 Å². The molecule has 14 nitrogen and oxygen atoms in total. The minimum Gasteiger partial charge on any atom is -0.465 e. The smallest absolute Gasteiger partial charge is 0.459 e. The number of fused-ring (bicyclic) bond motifs is 1. The Balaban J connectivity index is 1.42. The van der Waals surface area contributed by atoms with E-state index in [2.05, 4.69) is 15.2 Å². The first-order valence-corrected chi connectivity index (χ1v) is 15.3. The summed E-state index contributed by atoms with van der Waals surface area (Å²) < 4.78 is 38.2. The number of benzene rings is 2. The van der Waals surface area contributed by atoms with Crippen molar-refractivity contribution in [2.45, 2.75) is 43.3 Å². The monoisotopic (exact) mass is 622 g/mol. The van der Waals surface area contributed by atoms with Gasteiger partial charge in [0.2, 0.25) is 5.60 Å². The molecule has 0 bridgehead atoms. The summed E-state index contributed by atoms with van der Waals surface area (Å²) in [7, 11) is -4.42. The zero-order valence-corrected chi connectivity index (χ0v) is 24.5. The standard InChI is InChI=1S/C29H31N6O8P/c1-2-40-28(38)21(15-19-9-5-3-6-10-19)34-44(39,43-20-11-7-4-8-12-20)41-16-23-25(36)26(37)29(17-30,42-23)24-14-13-22-27(31)32-18-33-35(22)24/h3-14,18,21,23,25-26,36-37H,2,15-16H2,1H3,(H,34,39)(H2,31,32,33)/t21?,23-,25-,26-,29+,44?/m1/s1. The van der Waals surface area contributed by atoms with Gasteiger partial charge in [-0.1, -0.05) is 48.5 Å². The van der Waals surface area contributed by atoms with Gasteiger partial charge in [0, 0.05) is 0 Å². The molecule has 15 heteroatoms. The maximum absolute atomic E-state index is 14.2. The summed E-state index contributed by atoms with van der Waals surface area (Å²) in [6, 6.07) is 21.0. The van der Waals surface area contributed by atoms with Crippen LogP contribution < -0.4 is 15.3 Å². The van der Waals surface area contributed by atoms with Gasteiger partial charge in [0.25, 0.3) is 0 Å². The van der Waals surface area contributed by atoms with E-state index in [0.29, 0.717) is 5.52 Å². The molecular formula is C29H31N6O8P. The number of esters is 1. The van der Waals surface area contributed by atoms with Crippen LogP contribution in [0, 0.1) is 11.3 Å². The van der Waals surface area contributed by atoms with Crippen LogP contribution in [0.1, 0.15) is 18.2 Å². The fourth-order valence-electron chi connectivity index (χ4n) is 4.90. The summed E-state index contributed by atoms with van der Waals surface area (Å²) in [6.45, 7) is 1.12. The van der Waals surface area contributed by atoms with Crippen LogP contribution in [-0.2, 0) is 35.4 Å². The Morgan fingerprint density at radius 2 is 1.89 bits per heavy atom. The third-order valence-electron chi connectivity index (χ3n) is 7.03. The fraction of sp³-hybridized carbons (Fsp3) is 0.310. The van der Waals surface area contributed by atoms with Gasteiger partial charge in [0.1, 0.15) is 48.0 Å². The summed E-state index contributed by atoms with van der Waals surface area (Å²) in [5, 5.41) is 39.0. The molecule has 2 aromatic carbocycles. The van der Waals surface area contributed by atoms with Gasteiger partial charge in [-0.15, -0.1) is 0 Å². The van der Waals surface area contributed by atoms with Crippen molar-refractivity contribution in [2.75, 3.05) is 18.9 Å². The number of aliphatic hydroxyl groups is 2. The maximum atomic E-state index is 14.2. The van der Waals surface area contributed by atoms with Gasteiger partial charge in [0.15, 0.2) is 5.82 Å². The lowest BCUT2D eigenvalue weighted by molar-refractivity contribution is -0.145. The minimum atomic E-state index is -4.42. The molecule has 230 valence electrons. The van der Waals surface area contributed by atoms with E-state index in [1.807, 2.05) is 12.1 Å². The molecule has 3 heterocycles. The molecule has 0 spiro atoms. The van der Waals surface area contributed by atoms with Gasteiger partial charge in [-0.05, 0) is 43.2 Å². The first-order chi connectivity index (χ1) is 21.2. The summed E-state index contributed by atoms with van der Waals surface area (Å²) >= 11 is 0. The number of carbonyl (C=O) groups is 1. The second-order valence-corrected chi connectivity index (χ2v) is 11.6. The number of anilines is 1. The van der Waals surface area contributed by atoms with E-state index in [-0.39, 0.29) is 30.3 Å². The second-order valence-electron chi connectivity index (χ2n) is 9.92. The lowest BCUT2D eigenvalue weighted by Gasteiger charge is -2.26. The Morgan fingerprint density at radius 1 is 1.18 bits per heavy atom. The molecule has 0 saturated carbocycles. The predicted octanol–water partition coefficient (Wildman–Crippen LogP) is 2.12. The number of para-hydroxylation sites is 1. The van der Waals surface area contributed by atoms with Crippen molar-refractivity contribution < 1.29 is 38.1 Å². The van der Waals surface area contributed by atoms with Crippen LogP contribution >= 0.6 is 7.75 Å². The average Bonchev–Trinajstić information content (AvgIpc) is 3.57. The summed E-state index contributed by atoms with van der Waals surface area (Å²) in [4.78, 5) is 16.9. The third kappa shape index (κ3) is 6.29. The molecule has 44 heavy (non-hydrogen) atoms. The van der Waals surface area contributed by atoms with Crippen LogP contribution in [0.4, 0.5) is 5.82 Å². The van der Waals surface area contributed by atoms with Crippen LogP contribution in [-0.4, -0.2) is 68.3 Å². The first-order valence-electron chi connectivity index (χ1n) is 13.7. The highest BCUT2D eigenvalue weighted by Crippen LogP contribution is 2.47. The van der Waals surface area contributed by atoms with E-state index >= 15 is 0 Å². The third-order valence-corrected chi connectivity index (χ3v) is 8.60. The number of aliphatic hydroxyl groups excluding tert-OH is 2. The molecule has 6 atom stereocenters. The molecule has 4 aromatic rings. The fourth-order valence-corrected chi connectivity index (χ4v) is 6.40. The van der Waals surface area contributed by atoms with Crippen molar-refractivity contribution in [3.05, 3.63) is 90.4 Å². The van der Waals surface area contributed by atoms with Gasteiger partial charge in [-0.2, -0.15) is 15.4 Å². The number of carbonyl (C=O) groups excluding carboxylic acids is 1. The van der Waals surface area contributed by atoms with Crippen LogP contribution in [0.5, 0.6) is 5.75 Å². The summed E-state index contributed by atoms with van der Waals surface area (Å²) in [6.07, 6.45) is -3.51. The topological polar surface area (TPSA) is 204 Å². The van der Waals surface area contributed by atoms with E-state index < -0.39 is 50.3 Å². The van der Waals surface area contributed by atoms with E-state index in [0.717, 1.165) is 5.56 Å². The Bertz CT molecular complexity index is 1680. The molecule has 1 aliphatic rings. The van der Waals surface area contributed by atoms with Crippen molar-refractivity contribution in [2.24, 2.45) is 0 Å². The number of nitrogens with two attached hydrogens (primary N) is 1. The molecule has 0 aliphatic carbocycles. The minimum absolute atomic E-state index is 0.0811. The van der Waals surface area contributed by atoms with E-state index in [4.69, 9.17) is 24.3 Å². The van der Waals surface area contributed by atoms with Crippen LogP contribution in [0.25, 0.3) is 5.52 Å². The normalized spacial score (nSPS) is 23.5. The van der Waals surface area contributed by atoms with Gasteiger partial charge >= 0.3 is 13.7 Å². The van der Waals surface area contributed by atoms with Gasteiger partial charge in [-0.3, -0.25) is 9.32 Å². The predicted molar refractivity (Wildman–Crippen MR) is 156 cm³/mol. The van der Waals surface area contributed by atoms with Crippen LogP contribution in [0.15, 0.2) is 79.1 Å². The molecule has 1 saturated heterocycles. The highest BCUT2D eigenvalue weighted by Gasteiger charge is 2.58. The largest absolute Gasteiger partial charge is 0.465 e. The van der Waals surface area contributed by atoms with Gasteiger partial charge in [-0.25, -0.2) is 14.1 Å². The molecule has 5 rings (SSSR count). The number of rotatable bonds is 12. The first kappa shape index (κ1) is 31.1. The SMILES string of the molecule is CCOC(=O)C(Cc1ccccc1)NP(=O)(OC[C@H]1O[C@@](C#N)(c2ccc3c(N)ncnn23)[C@H](O)[C@@H]1O)Oc1ccccc1. The van der Waals surface area contributed by atoms with Crippen molar-refractivity contribution in [1.82, 2.24) is 19.7 Å². The van der Waals surface area contributed by atoms with Crippen LogP contribution in [0.3, 0.4) is 0 Å². The van der Waals surface area contributed by atoms with Crippen LogP contribution in [0.2, 0.25) is 0 Å². The van der Waals surface area contributed by atoms with E-state index in [9.17, 15) is 24.8 Å². The van der Waals surface area contributed by atoms with Gasteiger partial charge in [0.05, 0.1) is 18.9 Å². The lowest BCUT2D eigenvalue weighted by Crippen LogP contribution is -2.41. The van der Waals surface area contributed by atoms with Crippen molar-refractivity contribution in [3.8, 4) is 11.8 Å². The number of aromatic nitrogens is 3. The molecule has 0 radical (unpaired) electrons. The number of ether oxygens (including phenoxy) is 2. The van der Waals surface area contributed by atoms with E-state index in [1.54, 1.807) is 67.6 Å². The number of hydrogen-bond acceptors (Lipinski definition) is 12. The highest BCUT2D eigenvalue weighted by atomic mass is 31.2. The van der Waals surface area contributed by atoms with Crippen molar-refractivity contribution >= 4 is 25.1 Å². The molecule has 0 amide bonds. The average molecular weight is 623 g/mol. The Morgan fingerprint density at radius 3 is 2.57 bits per heavy atom. The van der Waals surface area contributed by atoms with E-state index in [1.165, 1.54) is 16.9 Å². The molecule has 5 N–H and O–H groups in total. The number of nitrogen functional groups attached to an aromatic ring is 1. The lowest BCUT2D eigenvalue weighted by atomic mass is 9.92. The van der Waals surface area contributed by atoms with Gasteiger partial charge < -0.3 is 29.9 Å². The molecule has 1 fully saturated rings. The second kappa shape index (κ2) is 13.1. The number of hydrogen-bond donors (Lipinski definition) is 4.